The Kier molecular flexibility index (Phi) is 6.14. The molecule has 1 amide bonds. The molecule has 2 aromatic heterocycles. The summed E-state index contributed by atoms with van der Waals surface area (Å²) in [7, 11) is 0. The Hall–Kier alpha value is -2.15. The Morgan fingerprint density at radius 3 is 3.14 bits per heavy atom. The number of hydrogen-bond donors (Lipinski definition) is 2. The highest BCUT2D eigenvalue weighted by Gasteiger charge is 2.13. The fourth-order valence-corrected chi connectivity index (χ4v) is 1.85. The summed E-state index contributed by atoms with van der Waals surface area (Å²) in [5.41, 5.74) is 0. The van der Waals surface area contributed by atoms with Gasteiger partial charge in [0.25, 0.3) is 0 Å². The number of ether oxygens (including phenoxy) is 1. The molecule has 0 aliphatic carbocycles. The van der Waals surface area contributed by atoms with Crippen molar-refractivity contribution in [3.05, 3.63) is 24.2 Å². The molecule has 1 atom stereocenters. The van der Waals surface area contributed by atoms with Crippen molar-refractivity contribution in [1.82, 2.24) is 20.5 Å². The Balaban J connectivity index is 1.71. The van der Waals surface area contributed by atoms with Crippen LogP contribution in [0.15, 0.2) is 22.8 Å². The van der Waals surface area contributed by atoms with E-state index in [0.717, 1.165) is 12.8 Å². The summed E-state index contributed by atoms with van der Waals surface area (Å²) >= 11 is 0. The number of H-pyrrole nitrogens is 1. The smallest absolute Gasteiger partial charge is 0.248 e. The van der Waals surface area contributed by atoms with Crippen molar-refractivity contribution < 1.29 is 13.9 Å². The highest BCUT2D eigenvalue weighted by molar-refractivity contribution is 5.80. The van der Waals surface area contributed by atoms with E-state index in [4.69, 9.17) is 9.15 Å². The van der Waals surface area contributed by atoms with Crippen LogP contribution in [0.3, 0.4) is 0 Å². The van der Waals surface area contributed by atoms with E-state index in [-0.39, 0.29) is 5.91 Å². The van der Waals surface area contributed by atoms with Crippen LogP contribution < -0.4 is 5.32 Å². The zero-order valence-electron chi connectivity index (χ0n) is 13.0. The second-order valence-electron chi connectivity index (χ2n) is 4.99. The van der Waals surface area contributed by atoms with Gasteiger partial charge in [-0.25, -0.2) is 4.98 Å². The number of aromatic amines is 1. The van der Waals surface area contributed by atoms with Crippen LogP contribution in [-0.2, 0) is 16.0 Å². The van der Waals surface area contributed by atoms with Gasteiger partial charge in [0, 0.05) is 19.6 Å². The van der Waals surface area contributed by atoms with Crippen molar-refractivity contribution in [2.45, 2.75) is 39.2 Å². The summed E-state index contributed by atoms with van der Waals surface area (Å²) in [6.07, 6.45) is 3.73. The van der Waals surface area contributed by atoms with Crippen molar-refractivity contribution in [3.63, 3.8) is 0 Å². The molecule has 0 saturated carbocycles. The Morgan fingerprint density at radius 2 is 2.41 bits per heavy atom. The molecule has 7 heteroatoms. The summed E-state index contributed by atoms with van der Waals surface area (Å²) in [5, 5.41) is 9.74. The topological polar surface area (TPSA) is 93.0 Å². The number of unbranched alkanes of at least 4 members (excludes halogenated alkanes) is 1. The van der Waals surface area contributed by atoms with Crippen LogP contribution in [0.5, 0.6) is 0 Å². The number of aromatic nitrogens is 3. The molecule has 0 spiro atoms. The second kappa shape index (κ2) is 8.33. The summed E-state index contributed by atoms with van der Waals surface area (Å²) in [5.74, 6) is 1.72. The molecule has 120 valence electrons. The predicted octanol–water partition coefficient (Wildman–Crippen LogP) is 1.93. The molecule has 1 unspecified atom stereocenters. The van der Waals surface area contributed by atoms with E-state index in [1.54, 1.807) is 25.3 Å². The van der Waals surface area contributed by atoms with Crippen LogP contribution >= 0.6 is 0 Å². The van der Waals surface area contributed by atoms with Crippen LogP contribution in [0, 0.1) is 0 Å². The van der Waals surface area contributed by atoms with Crippen LogP contribution in [-0.4, -0.2) is 40.3 Å². The highest BCUT2D eigenvalue weighted by atomic mass is 16.5. The maximum Gasteiger partial charge on any atom is 0.248 e. The molecular weight excluding hydrogens is 284 g/mol. The lowest BCUT2D eigenvalue weighted by Gasteiger charge is -2.12. The molecule has 2 aromatic rings. The maximum absolute atomic E-state index is 11.8. The quantitative estimate of drug-likeness (QED) is 0.690. The molecular formula is C15H22N4O3. The number of furan rings is 1. The largest absolute Gasteiger partial charge is 0.461 e. The third kappa shape index (κ3) is 4.70. The van der Waals surface area contributed by atoms with Gasteiger partial charge in [-0.2, -0.15) is 5.10 Å². The van der Waals surface area contributed by atoms with E-state index in [1.807, 2.05) is 0 Å². The van der Waals surface area contributed by atoms with Gasteiger partial charge in [0.05, 0.1) is 6.26 Å². The lowest BCUT2D eigenvalue weighted by molar-refractivity contribution is -0.131. The van der Waals surface area contributed by atoms with E-state index in [9.17, 15) is 4.79 Å². The first-order valence-corrected chi connectivity index (χ1v) is 7.55. The van der Waals surface area contributed by atoms with Crippen molar-refractivity contribution >= 4 is 5.91 Å². The van der Waals surface area contributed by atoms with Gasteiger partial charge in [-0.3, -0.25) is 9.89 Å². The van der Waals surface area contributed by atoms with Gasteiger partial charge < -0.3 is 14.5 Å². The molecule has 0 fully saturated rings. The second-order valence-corrected chi connectivity index (χ2v) is 4.99. The number of nitrogens with one attached hydrogen (secondary N) is 2. The van der Waals surface area contributed by atoms with Crippen molar-refractivity contribution in [2.75, 3.05) is 13.2 Å². The van der Waals surface area contributed by atoms with Gasteiger partial charge in [-0.05, 0) is 25.5 Å². The number of hydrogen-bond acceptors (Lipinski definition) is 5. The van der Waals surface area contributed by atoms with Crippen molar-refractivity contribution in [1.29, 1.82) is 0 Å². The SMILES string of the molecule is CCCCOC(C)C(=O)NCCc1nc(-c2ccco2)n[nH]1. The molecule has 0 bridgehead atoms. The van der Waals surface area contributed by atoms with E-state index >= 15 is 0 Å². The fraction of sp³-hybridized carbons (Fsp3) is 0.533. The third-order valence-electron chi connectivity index (χ3n) is 3.17. The first-order chi connectivity index (χ1) is 10.7. The first-order valence-electron chi connectivity index (χ1n) is 7.55. The van der Waals surface area contributed by atoms with Crippen LogP contribution in [0.25, 0.3) is 11.6 Å². The van der Waals surface area contributed by atoms with E-state index in [0.29, 0.717) is 37.0 Å². The van der Waals surface area contributed by atoms with Gasteiger partial charge in [0.1, 0.15) is 11.9 Å². The molecule has 0 saturated heterocycles. The molecule has 22 heavy (non-hydrogen) atoms. The van der Waals surface area contributed by atoms with Crippen LogP contribution in [0.1, 0.15) is 32.5 Å². The number of carbonyl (C=O) groups excluding carboxylic acids is 1. The van der Waals surface area contributed by atoms with E-state index < -0.39 is 6.10 Å². The van der Waals surface area contributed by atoms with Crippen molar-refractivity contribution in [3.8, 4) is 11.6 Å². The van der Waals surface area contributed by atoms with Gasteiger partial charge in [-0.15, -0.1) is 0 Å². The number of carbonyl (C=O) groups is 1. The lowest BCUT2D eigenvalue weighted by Crippen LogP contribution is -2.36. The van der Waals surface area contributed by atoms with E-state index in [2.05, 4.69) is 27.4 Å². The van der Waals surface area contributed by atoms with Crippen LogP contribution in [0.4, 0.5) is 0 Å². The number of rotatable bonds is 9. The Morgan fingerprint density at radius 1 is 1.55 bits per heavy atom. The van der Waals surface area contributed by atoms with Gasteiger partial charge in [0.15, 0.2) is 5.76 Å². The standard InChI is InChI=1S/C15H22N4O3/c1-3-4-9-21-11(2)15(20)16-8-7-13-17-14(19-18-13)12-6-5-10-22-12/h5-6,10-11H,3-4,7-9H2,1-2H3,(H,16,20)(H,17,18,19). The molecule has 2 N–H and O–H groups in total. The van der Waals surface area contributed by atoms with Gasteiger partial charge in [0.2, 0.25) is 11.7 Å². The molecule has 0 radical (unpaired) electrons. The minimum Gasteiger partial charge on any atom is -0.461 e. The summed E-state index contributed by atoms with van der Waals surface area (Å²) in [6, 6.07) is 3.58. The maximum atomic E-state index is 11.8. The Bertz CT molecular complexity index is 565. The highest BCUT2D eigenvalue weighted by Crippen LogP contribution is 2.14. The zero-order valence-corrected chi connectivity index (χ0v) is 13.0. The summed E-state index contributed by atoms with van der Waals surface area (Å²) < 4.78 is 10.7. The van der Waals surface area contributed by atoms with Gasteiger partial charge >= 0.3 is 0 Å². The first kappa shape index (κ1) is 16.2. The van der Waals surface area contributed by atoms with Crippen LogP contribution in [0.2, 0.25) is 0 Å². The van der Waals surface area contributed by atoms with E-state index in [1.165, 1.54) is 0 Å². The van der Waals surface area contributed by atoms with Crippen molar-refractivity contribution in [2.24, 2.45) is 0 Å². The Labute approximate surface area is 129 Å². The number of amides is 1. The summed E-state index contributed by atoms with van der Waals surface area (Å²) in [4.78, 5) is 16.1. The average Bonchev–Trinajstić information content (AvgIpc) is 3.18. The monoisotopic (exact) mass is 306 g/mol. The molecule has 0 aromatic carbocycles. The lowest BCUT2D eigenvalue weighted by atomic mass is 10.3. The molecule has 2 heterocycles. The average molecular weight is 306 g/mol. The predicted molar refractivity (Wildman–Crippen MR) is 81.1 cm³/mol. The summed E-state index contributed by atoms with van der Waals surface area (Å²) in [6.45, 7) is 4.93. The minimum absolute atomic E-state index is 0.109. The van der Waals surface area contributed by atoms with Gasteiger partial charge in [-0.1, -0.05) is 13.3 Å². The zero-order chi connectivity index (χ0) is 15.8. The molecule has 0 aliphatic rings. The molecule has 0 aliphatic heterocycles. The number of nitrogens with zero attached hydrogens (tertiary/aromatic N) is 2. The third-order valence-corrected chi connectivity index (χ3v) is 3.17. The normalized spacial score (nSPS) is 12.3. The minimum atomic E-state index is -0.431. The molecule has 2 rings (SSSR count). The fourth-order valence-electron chi connectivity index (χ4n) is 1.85. The molecule has 7 nitrogen and oxygen atoms in total.